The second kappa shape index (κ2) is 8.60. The maximum absolute atomic E-state index is 14.1. The number of rotatable bonds is 8. The van der Waals surface area contributed by atoms with Crippen LogP contribution in [-0.4, -0.2) is 37.5 Å². The molecule has 3 aliphatic carbocycles. The summed E-state index contributed by atoms with van der Waals surface area (Å²) in [6, 6.07) is 32.2. The molecule has 1 saturated heterocycles. The predicted octanol–water partition coefficient (Wildman–Crippen LogP) is 5.21. The Bertz CT molecular complexity index is 988. The zero-order valence-electron chi connectivity index (χ0n) is 19.6. The maximum atomic E-state index is 14.1. The second-order valence-corrected chi connectivity index (χ2v) is 10.6. The molecule has 34 heavy (non-hydrogen) atoms. The summed E-state index contributed by atoms with van der Waals surface area (Å²) in [4.78, 5) is 0. The van der Waals surface area contributed by atoms with Crippen molar-refractivity contribution in [1.29, 1.82) is 0 Å². The third-order valence-electron chi connectivity index (χ3n) is 8.12. The van der Waals surface area contributed by atoms with Gasteiger partial charge in [0.1, 0.15) is 5.67 Å². The Hall–Kier alpha value is -2.53. The van der Waals surface area contributed by atoms with E-state index in [1.807, 2.05) is 0 Å². The van der Waals surface area contributed by atoms with E-state index in [0.29, 0.717) is 25.9 Å². The largest absolute Gasteiger partial charge is 0.376 e. The third kappa shape index (κ3) is 3.78. The molecule has 3 saturated carbocycles. The van der Waals surface area contributed by atoms with Crippen molar-refractivity contribution in [3.8, 4) is 0 Å². The minimum atomic E-state index is -0.877. The fourth-order valence-corrected chi connectivity index (χ4v) is 6.57. The molecule has 0 radical (unpaired) electrons. The molecule has 3 aromatic rings. The lowest BCUT2D eigenvalue weighted by Gasteiger charge is -2.66. The molecule has 1 heterocycles. The molecule has 1 aliphatic heterocycles. The number of hydrogen-bond acceptors (Lipinski definition) is 3. The zero-order valence-corrected chi connectivity index (χ0v) is 19.6. The Morgan fingerprint density at radius 1 is 0.824 bits per heavy atom. The van der Waals surface area contributed by atoms with Gasteiger partial charge in [0.05, 0.1) is 18.2 Å². The van der Waals surface area contributed by atoms with Crippen LogP contribution in [0.5, 0.6) is 0 Å². The van der Waals surface area contributed by atoms with Crippen molar-refractivity contribution in [2.75, 3.05) is 19.7 Å². The smallest absolute Gasteiger partial charge is 0.113 e. The van der Waals surface area contributed by atoms with Gasteiger partial charge in [-0.05, 0) is 48.9 Å². The number of piperidine rings is 1. The summed E-state index contributed by atoms with van der Waals surface area (Å²) < 4.78 is 20.6. The lowest BCUT2D eigenvalue weighted by atomic mass is 9.43. The molecule has 2 atom stereocenters. The Morgan fingerprint density at radius 2 is 1.32 bits per heavy atom. The van der Waals surface area contributed by atoms with Crippen LogP contribution in [0.4, 0.5) is 4.39 Å². The highest BCUT2D eigenvalue weighted by Gasteiger charge is 2.69. The summed E-state index contributed by atoms with van der Waals surface area (Å²) in [5.74, 6) is 0. The second-order valence-electron chi connectivity index (χ2n) is 10.6. The van der Waals surface area contributed by atoms with Gasteiger partial charge in [-0.1, -0.05) is 91.0 Å². The van der Waals surface area contributed by atoms with E-state index in [4.69, 9.17) is 4.74 Å². The van der Waals surface area contributed by atoms with Crippen LogP contribution < -0.4 is 10.6 Å². The molecule has 2 N–H and O–H groups in total. The molecule has 4 heteroatoms. The molecule has 4 aliphatic rings. The number of benzene rings is 3. The number of ether oxygens (including phenoxy) is 1. The summed E-state index contributed by atoms with van der Waals surface area (Å²) >= 11 is 0. The van der Waals surface area contributed by atoms with Crippen molar-refractivity contribution in [2.24, 2.45) is 5.41 Å². The van der Waals surface area contributed by atoms with E-state index in [9.17, 15) is 4.39 Å². The standard InChI is InChI=1S/C30H33FN2O/c31-29-19-28(20-29,21-29)22-34-27-16-17-32-18-26(27)33-30(23-10-4-1-5-11-23,24-12-6-2-7-13-24)25-14-8-3-9-15-25/h1-15,26-27,32-33H,16-22H2/t26-,27+,28?,29?/m0/s1. The predicted molar refractivity (Wildman–Crippen MR) is 133 cm³/mol. The van der Waals surface area contributed by atoms with Crippen molar-refractivity contribution < 1.29 is 9.13 Å². The summed E-state index contributed by atoms with van der Waals surface area (Å²) in [7, 11) is 0. The summed E-state index contributed by atoms with van der Waals surface area (Å²) in [5.41, 5.74) is 2.31. The zero-order chi connectivity index (χ0) is 23.1. The van der Waals surface area contributed by atoms with Gasteiger partial charge in [0.25, 0.3) is 0 Å². The van der Waals surface area contributed by atoms with Gasteiger partial charge in [0.15, 0.2) is 0 Å². The Labute approximate surface area is 201 Å². The normalized spacial score (nSPS) is 30.3. The van der Waals surface area contributed by atoms with Crippen LogP contribution in [0.1, 0.15) is 42.4 Å². The van der Waals surface area contributed by atoms with Crippen LogP contribution in [0.25, 0.3) is 0 Å². The van der Waals surface area contributed by atoms with Crippen LogP contribution in [0.2, 0.25) is 0 Å². The minimum absolute atomic E-state index is 0.0846. The van der Waals surface area contributed by atoms with Crippen molar-refractivity contribution in [1.82, 2.24) is 10.6 Å². The summed E-state index contributed by atoms with van der Waals surface area (Å²) in [5, 5.41) is 7.68. The minimum Gasteiger partial charge on any atom is -0.376 e. The maximum Gasteiger partial charge on any atom is 0.113 e. The third-order valence-corrected chi connectivity index (χ3v) is 8.12. The first kappa shape index (κ1) is 22.0. The molecule has 0 unspecified atom stereocenters. The van der Waals surface area contributed by atoms with Gasteiger partial charge in [-0.3, -0.25) is 5.32 Å². The highest BCUT2D eigenvalue weighted by atomic mass is 19.1. The van der Waals surface area contributed by atoms with Crippen LogP contribution >= 0.6 is 0 Å². The molecule has 0 aromatic heterocycles. The molecular formula is C30H33FN2O. The SMILES string of the molecule is FC12CC(CO[C@@H]3CCNC[C@@H]3NC(c3ccccc3)(c3ccccc3)c3ccccc3)(C1)C2. The van der Waals surface area contributed by atoms with E-state index < -0.39 is 11.2 Å². The van der Waals surface area contributed by atoms with Gasteiger partial charge in [0, 0.05) is 18.0 Å². The van der Waals surface area contributed by atoms with Crippen LogP contribution in [0.15, 0.2) is 91.0 Å². The molecule has 2 bridgehead atoms. The molecule has 0 amide bonds. The van der Waals surface area contributed by atoms with Crippen molar-refractivity contribution in [3.05, 3.63) is 108 Å². The van der Waals surface area contributed by atoms with Crippen LogP contribution in [0.3, 0.4) is 0 Å². The Balaban J connectivity index is 1.36. The molecule has 176 valence electrons. The fourth-order valence-electron chi connectivity index (χ4n) is 6.57. The highest BCUT2D eigenvalue weighted by molar-refractivity contribution is 5.49. The monoisotopic (exact) mass is 456 g/mol. The molecular weight excluding hydrogens is 423 g/mol. The van der Waals surface area contributed by atoms with E-state index in [-0.39, 0.29) is 17.6 Å². The molecule has 3 nitrogen and oxygen atoms in total. The lowest BCUT2D eigenvalue weighted by molar-refractivity contribution is -0.245. The van der Waals surface area contributed by atoms with Crippen LogP contribution in [-0.2, 0) is 10.3 Å². The Morgan fingerprint density at radius 3 is 1.79 bits per heavy atom. The van der Waals surface area contributed by atoms with Gasteiger partial charge in [-0.15, -0.1) is 0 Å². The van der Waals surface area contributed by atoms with E-state index in [1.165, 1.54) is 16.7 Å². The Kier molecular flexibility index (Phi) is 5.56. The number of alkyl halides is 1. The first-order valence-electron chi connectivity index (χ1n) is 12.6. The summed E-state index contributed by atoms with van der Waals surface area (Å²) in [6.07, 6.45) is 3.09. The average molecular weight is 457 g/mol. The lowest BCUT2D eigenvalue weighted by Crippen LogP contribution is -2.67. The van der Waals surface area contributed by atoms with E-state index in [1.54, 1.807) is 0 Å². The van der Waals surface area contributed by atoms with E-state index in [0.717, 1.165) is 19.5 Å². The van der Waals surface area contributed by atoms with Gasteiger partial charge in [-0.2, -0.15) is 0 Å². The van der Waals surface area contributed by atoms with Gasteiger partial charge in [0.2, 0.25) is 0 Å². The number of hydrogen-bond donors (Lipinski definition) is 2. The fraction of sp³-hybridized carbons (Fsp3) is 0.400. The van der Waals surface area contributed by atoms with Crippen molar-refractivity contribution in [3.63, 3.8) is 0 Å². The highest BCUT2D eigenvalue weighted by Crippen LogP contribution is 2.69. The van der Waals surface area contributed by atoms with E-state index >= 15 is 0 Å². The molecule has 4 fully saturated rings. The molecule has 0 spiro atoms. The topological polar surface area (TPSA) is 33.3 Å². The summed E-state index contributed by atoms with van der Waals surface area (Å²) in [6.45, 7) is 2.45. The van der Waals surface area contributed by atoms with Gasteiger partial charge < -0.3 is 10.1 Å². The van der Waals surface area contributed by atoms with Gasteiger partial charge >= 0.3 is 0 Å². The van der Waals surface area contributed by atoms with Gasteiger partial charge in [-0.25, -0.2) is 4.39 Å². The molecule has 3 aromatic carbocycles. The number of halogens is 1. The van der Waals surface area contributed by atoms with E-state index in [2.05, 4.69) is 102 Å². The van der Waals surface area contributed by atoms with Crippen LogP contribution in [0, 0.1) is 5.41 Å². The van der Waals surface area contributed by atoms with Crippen molar-refractivity contribution in [2.45, 2.75) is 49.0 Å². The van der Waals surface area contributed by atoms with Crippen molar-refractivity contribution >= 4 is 0 Å². The quantitative estimate of drug-likeness (QED) is 0.457. The first-order chi connectivity index (χ1) is 16.6. The number of nitrogens with one attached hydrogen (secondary N) is 2. The first-order valence-corrected chi connectivity index (χ1v) is 12.6. The molecule has 7 rings (SSSR count). The average Bonchev–Trinajstić information content (AvgIpc) is 2.86.